The predicted molar refractivity (Wildman–Crippen MR) is 105 cm³/mol. The second kappa shape index (κ2) is 7.61. The first-order valence-electron chi connectivity index (χ1n) is 9.17. The van der Waals surface area contributed by atoms with Gasteiger partial charge in [0.25, 0.3) is 0 Å². The SMILES string of the molecule is COC(=O)c1cnc2c(ccn2C(=O)O)c1N1CCN(C(=O)OC(C)(C)C)CC1. The zero-order valence-corrected chi connectivity index (χ0v) is 16.8. The molecular formula is C19H24N4O6. The smallest absolute Gasteiger partial charge is 0.417 e. The van der Waals surface area contributed by atoms with Gasteiger partial charge in [0.2, 0.25) is 0 Å². The second-order valence-corrected chi connectivity index (χ2v) is 7.67. The van der Waals surface area contributed by atoms with E-state index in [1.807, 2.05) is 25.7 Å². The van der Waals surface area contributed by atoms with E-state index in [0.717, 1.165) is 4.57 Å². The highest BCUT2D eigenvalue weighted by Crippen LogP contribution is 2.32. The summed E-state index contributed by atoms with van der Waals surface area (Å²) in [7, 11) is 1.28. The predicted octanol–water partition coefficient (Wildman–Crippen LogP) is 2.41. The lowest BCUT2D eigenvalue weighted by Crippen LogP contribution is -2.50. The lowest BCUT2D eigenvalue weighted by molar-refractivity contribution is 0.0240. The molecule has 3 rings (SSSR count). The van der Waals surface area contributed by atoms with Crippen LogP contribution in [0.15, 0.2) is 18.5 Å². The lowest BCUT2D eigenvalue weighted by Gasteiger charge is -2.37. The molecule has 156 valence electrons. The Morgan fingerprint density at radius 1 is 1.14 bits per heavy atom. The fourth-order valence-electron chi connectivity index (χ4n) is 3.27. The van der Waals surface area contributed by atoms with Gasteiger partial charge in [0.1, 0.15) is 11.2 Å². The van der Waals surface area contributed by atoms with Crippen LogP contribution in [0.2, 0.25) is 0 Å². The highest BCUT2D eigenvalue weighted by atomic mass is 16.6. The monoisotopic (exact) mass is 404 g/mol. The van der Waals surface area contributed by atoms with Gasteiger partial charge < -0.3 is 24.4 Å². The summed E-state index contributed by atoms with van der Waals surface area (Å²) in [6.45, 7) is 7.12. The van der Waals surface area contributed by atoms with Crippen LogP contribution in [0.5, 0.6) is 0 Å². The molecule has 2 aromatic rings. The Labute approximate surface area is 167 Å². The lowest BCUT2D eigenvalue weighted by atomic mass is 10.1. The Bertz CT molecular complexity index is 953. The van der Waals surface area contributed by atoms with Crippen LogP contribution < -0.4 is 4.90 Å². The number of carbonyl (C=O) groups is 3. The molecule has 0 aliphatic carbocycles. The second-order valence-electron chi connectivity index (χ2n) is 7.67. The van der Waals surface area contributed by atoms with E-state index in [1.165, 1.54) is 19.5 Å². The van der Waals surface area contributed by atoms with Crippen molar-refractivity contribution in [1.29, 1.82) is 0 Å². The van der Waals surface area contributed by atoms with E-state index in [1.54, 1.807) is 11.0 Å². The number of anilines is 1. The Hall–Kier alpha value is -3.30. The minimum atomic E-state index is -1.17. The van der Waals surface area contributed by atoms with Crippen LogP contribution in [0.3, 0.4) is 0 Å². The number of amides is 1. The van der Waals surface area contributed by atoms with Crippen LogP contribution in [-0.2, 0) is 9.47 Å². The highest BCUT2D eigenvalue weighted by Gasteiger charge is 2.29. The number of hydrogen-bond donors (Lipinski definition) is 1. The molecule has 10 nitrogen and oxygen atoms in total. The standard InChI is InChI=1S/C19H24N4O6/c1-19(2,3)29-18(27)22-9-7-21(8-10-22)14-12-5-6-23(17(25)26)15(12)20-11-13(14)16(24)28-4/h5-6,11H,7-10H2,1-4H3,(H,25,26). The van der Waals surface area contributed by atoms with Crippen molar-refractivity contribution < 1.29 is 29.0 Å². The van der Waals surface area contributed by atoms with Gasteiger partial charge in [0.05, 0.1) is 12.8 Å². The molecule has 29 heavy (non-hydrogen) atoms. The first-order chi connectivity index (χ1) is 13.6. The van der Waals surface area contributed by atoms with Gasteiger partial charge in [0.15, 0.2) is 5.65 Å². The van der Waals surface area contributed by atoms with E-state index in [-0.39, 0.29) is 17.3 Å². The van der Waals surface area contributed by atoms with Gasteiger partial charge in [-0.25, -0.2) is 23.9 Å². The van der Waals surface area contributed by atoms with Crippen molar-refractivity contribution in [1.82, 2.24) is 14.5 Å². The number of fused-ring (bicyclic) bond motifs is 1. The number of aromatic nitrogens is 2. The maximum atomic E-state index is 12.3. The number of nitrogens with zero attached hydrogens (tertiary/aromatic N) is 4. The quantitative estimate of drug-likeness (QED) is 0.759. The Balaban J connectivity index is 1.92. The minimum Gasteiger partial charge on any atom is -0.465 e. The van der Waals surface area contributed by atoms with Gasteiger partial charge in [-0.2, -0.15) is 0 Å². The van der Waals surface area contributed by atoms with E-state index in [9.17, 15) is 19.5 Å². The third-order valence-electron chi connectivity index (χ3n) is 4.54. The number of carboxylic acid groups (broad SMARTS) is 1. The van der Waals surface area contributed by atoms with Crippen molar-refractivity contribution >= 4 is 34.9 Å². The molecule has 1 aliphatic rings. The summed E-state index contributed by atoms with van der Waals surface area (Å²) in [6, 6.07) is 1.61. The molecule has 10 heteroatoms. The molecule has 1 amide bonds. The fraction of sp³-hybridized carbons (Fsp3) is 0.474. The molecule has 0 radical (unpaired) electrons. The zero-order valence-electron chi connectivity index (χ0n) is 16.8. The minimum absolute atomic E-state index is 0.231. The van der Waals surface area contributed by atoms with Crippen molar-refractivity contribution in [2.45, 2.75) is 26.4 Å². The molecule has 0 saturated carbocycles. The Morgan fingerprint density at radius 3 is 2.34 bits per heavy atom. The largest absolute Gasteiger partial charge is 0.465 e. The van der Waals surface area contributed by atoms with Crippen LogP contribution in [0.4, 0.5) is 15.3 Å². The number of esters is 1. The van der Waals surface area contributed by atoms with Gasteiger partial charge in [-0.1, -0.05) is 0 Å². The van der Waals surface area contributed by atoms with E-state index < -0.39 is 17.7 Å². The molecule has 1 N–H and O–H groups in total. The molecule has 1 saturated heterocycles. The number of pyridine rings is 1. The summed E-state index contributed by atoms with van der Waals surface area (Å²) >= 11 is 0. The summed E-state index contributed by atoms with van der Waals surface area (Å²) in [5, 5.41) is 9.87. The molecular weight excluding hydrogens is 380 g/mol. The van der Waals surface area contributed by atoms with E-state index in [4.69, 9.17) is 9.47 Å². The number of hydrogen-bond acceptors (Lipinski definition) is 7. The van der Waals surface area contributed by atoms with Crippen molar-refractivity contribution in [2.24, 2.45) is 0 Å². The van der Waals surface area contributed by atoms with Gasteiger partial charge >= 0.3 is 18.2 Å². The van der Waals surface area contributed by atoms with E-state index in [2.05, 4.69) is 4.98 Å². The van der Waals surface area contributed by atoms with Crippen LogP contribution in [0.1, 0.15) is 31.1 Å². The molecule has 0 bridgehead atoms. The van der Waals surface area contributed by atoms with Gasteiger partial charge in [-0.05, 0) is 26.8 Å². The van der Waals surface area contributed by atoms with Gasteiger partial charge in [-0.15, -0.1) is 0 Å². The number of ether oxygens (including phenoxy) is 2. The average Bonchev–Trinajstić information content (AvgIpc) is 3.09. The summed E-state index contributed by atoms with van der Waals surface area (Å²) in [6.07, 6.45) is 1.16. The first-order valence-corrected chi connectivity index (χ1v) is 9.17. The van der Waals surface area contributed by atoms with Crippen molar-refractivity contribution in [3.63, 3.8) is 0 Å². The molecule has 0 atom stereocenters. The van der Waals surface area contributed by atoms with Crippen LogP contribution in [0, 0.1) is 0 Å². The fourth-order valence-corrected chi connectivity index (χ4v) is 3.27. The molecule has 1 aliphatic heterocycles. The topological polar surface area (TPSA) is 114 Å². The molecule has 2 aromatic heterocycles. The van der Waals surface area contributed by atoms with E-state index in [0.29, 0.717) is 37.3 Å². The third-order valence-corrected chi connectivity index (χ3v) is 4.54. The maximum Gasteiger partial charge on any atom is 0.417 e. The molecule has 3 heterocycles. The van der Waals surface area contributed by atoms with Crippen molar-refractivity contribution in [2.75, 3.05) is 38.2 Å². The normalized spacial score (nSPS) is 14.8. The van der Waals surface area contributed by atoms with Crippen molar-refractivity contribution in [3.05, 3.63) is 24.0 Å². The van der Waals surface area contributed by atoms with Gasteiger partial charge in [0, 0.05) is 44.0 Å². The molecule has 0 spiro atoms. The van der Waals surface area contributed by atoms with Gasteiger partial charge in [-0.3, -0.25) is 0 Å². The van der Waals surface area contributed by atoms with Crippen molar-refractivity contribution in [3.8, 4) is 0 Å². The number of carbonyl (C=O) groups excluding carboxylic acids is 2. The summed E-state index contributed by atoms with van der Waals surface area (Å²) in [5.41, 5.74) is 0.442. The van der Waals surface area contributed by atoms with Crippen LogP contribution in [0.25, 0.3) is 11.0 Å². The number of piperazine rings is 1. The summed E-state index contributed by atoms with van der Waals surface area (Å²) in [4.78, 5) is 43.7. The first kappa shape index (κ1) is 20.4. The number of methoxy groups -OCH3 is 1. The van der Waals surface area contributed by atoms with Crippen LogP contribution in [-0.4, -0.2) is 76.6 Å². The average molecular weight is 404 g/mol. The Morgan fingerprint density at radius 2 is 1.79 bits per heavy atom. The molecule has 0 aromatic carbocycles. The van der Waals surface area contributed by atoms with E-state index >= 15 is 0 Å². The maximum absolute atomic E-state index is 12.3. The van der Waals surface area contributed by atoms with Crippen LogP contribution >= 0.6 is 0 Å². The molecule has 1 fully saturated rings. The summed E-state index contributed by atoms with van der Waals surface area (Å²) < 4.78 is 11.3. The Kier molecular flexibility index (Phi) is 5.36. The third kappa shape index (κ3) is 4.10. The summed E-state index contributed by atoms with van der Waals surface area (Å²) in [5.74, 6) is -0.563. The number of rotatable bonds is 2. The highest BCUT2D eigenvalue weighted by molar-refractivity contribution is 6.06. The zero-order chi connectivity index (χ0) is 21.3. The molecule has 0 unspecified atom stereocenters.